The van der Waals surface area contributed by atoms with E-state index in [1.165, 1.54) is 28.1 Å². The summed E-state index contributed by atoms with van der Waals surface area (Å²) in [6, 6.07) is 14.0. The van der Waals surface area contributed by atoms with Crippen molar-refractivity contribution in [3.05, 3.63) is 93.9 Å². The number of nitrogens with two attached hydrogens (primary N) is 1. The molecule has 3 aromatic rings. The molecule has 1 saturated carbocycles. The van der Waals surface area contributed by atoms with Gasteiger partial charge in [-0.3, -0.25) is 34.3 Å². The van der Waals surface area contributed by atoms with Crippen molar-refractivity contribution in [2.24, 2.45) is 11.8 Å². The number of fused-ring (bicyclic) bond motifs is 1. The van der Waals surface area contributed by atoms with Gasteiger partial charge in [-0.2, -0.15) is 4.31 Å². The smallest absolute Gasteiger partial charge is 0.290 e. The highest BCUT2D eigenvalue weighted by Gasteiger charge is 2.40. The Kier molecular flexibility index (Phi) is 14.8. The molecule has 5 rings (SSSR count). The van der Waals surface area contributed by atoms with Crippen LogP contribution >= 0.6 is 0 Å². The second-order valence-electron chi connectivity index (χ2n) is 12.0. The molecule has 1 aromatic heterocycles. The lowest BCUT2D eigenvalue weighted by Gasteiger charge is -2.29. The molecule has 1 aliphatic carbocycles. The number of carboxylic acid groups (broad SMARTS) is 1. The topological polar surface area (TPSA) is 217 Å². The van der Waals surface area contributed by atoms with Crippen molar-refractivity contribution < 1.29 is 32.8 Å². The van der Waals surface area contributed by atoms with E-state index in [-0.39, 0.29) is 55.3 Å². The number of rotatable bonds is 13. The van der Waals surface area contributed by atoms with Crippen molar-refractivity contribution in [3.63, 3.8) is 0 Å². The van der Waals surface area contributed by atoms with Gasteiger partial charge in [0.15, 0.2) is 4.90 Å². The fraction of sp³-hybridized carbons (Fsp3) is 0.412. The summed E-state index contributed by atoms with van der Waals surface area (Å²) >= 11 is 0. The Balaban J connectivity index is 0.000000398. The van der Waals surface area contributed by atoms with E-state index in [0.717, 1.165) is 34.0 Å². The minimum atomic E-state index is -4.25. The second-order valence-corrected chi connectivity index (χ2v) is 13.9. The van der Waals surface area contributed by atoms with Gasteiger partial charge in [0.25, 0.3) is 23.6 Å². The molecule has 16 heteroatoms. The summed E-state index contributed by atoms with van der Waals surface area (Å²) in [5.74, 6) is 5.48. The molecule has 2 heterocycles. The molecule has 2 atom stereocenters. The molecule has 15 nitrogen and oxygen atoms in total. The van der Waals surface area contributed by atoms with Crippen LogP contribution in [0.15, 0.2) is 83.1 Å². The highest BCUT2D eigenvalue weighted by molar-refractivity contribution is 7.89. The number of para-hydroxylation sites is 1. The van der Waals surface area contributed by atoms with Crippen LogP contribution in [0, 0.1) is 16.0 Å². The molecule has 1 saturated heterocycles. The maximum atomic E-state index is 13.5. The lowest BCUT2D eigenvalue weighted by Crippen LogP contribution is -2.51. The van der Waals surface area contributed by atoms with Crippen molar-refractivity contribution in [3.8, 4) is 0 Å². The van der Waals surface area contributed by atoms with Crippen LogP contribution in [0.3, 0.4) is 0 Å². The summed E-state index contributed by atoms with van der Waals surface area (Å²) in [5, 5.41) is 21.3. The summed E-state index contributed by atoms with van der Waals surface area (Å²) in [6.45, 7) is 5.80. The minimum absolute atomic E-state index is 0.0234. The van der Waals surface area contributed by atoms with E-state index in [9.17, 15) is 32.9 Å². The highest BCUT2D eigenvalue weighted by Crippen LogP contribution is 2.29. The first-order chi connectivity index (χ1) is 23.9. The van der Waals surface area contributed by atoms with E-state index in [1.807, 2.05) is 37.3 Å². The molecular formula is C34H44N6O9S. The van der Waals surface area contributed by atoms with Crippen LogP contribution < -0.4 is 11.4 Å². The van der Waals surface area contributed by atoms with Gasteiger partial charge in [0.2, 0.25) is 15.9 Å². The zero-order chi connectivity index (χ0) is 36.8. The van der Waals surface area contributed by atoms with Crippen LogP contribution in [0.4, 0.5) is 5.69 Å². The first-order valence-electron chi connectivity index (χ1n) is 16.2. The van der Waals surface area contributed by atoms with Crippen molar-refractivity contribution in [1.29, 1.82) is 0 Å². The third-order valence-corrected chi connectivity index (χ3v) is 10.4. The Morgan fingerprint density at radius 2 is 1.80 bits per heavy atom. The van der Waals surface area contributed by atoms with E-state index < -0.39 is 31.6 Å². The van der Waals surface area contributed by atoms with Gasteiger partial charge in [0.1, 0.15) is 6.04 Å². The van der Waals surface area contributed by atoms with Gasteiger partial charge in [0, 0.05) is 49.7 Å². The molecule has 2 aliphatic rings. The van der Waals surface area contributed by atoms with Crippen LogP contribution in [0.25, 0.3) is 10.8 Å². The van der Waals surface area contributed by atoms with Gasteiger partial charge in [-0.15, -0.1) is 6.58 Å². The van der Waals surface area contributed by atoms with Gasteiger partial charge in [0.05, 0.1) is 4.92 Å². The number of hydrazine groups is 1. The summed E-state index contributed by atoms with van der Waals surface area (Å²) in [5.41, 5.74) is -0.537. The predicted octanol–water partition coefficient (Wildman–Crippen LogP) is 3.66. The predicted molar refractivity (Wildman–Crippen MR) is 187 cm³/mol. The number of amides is 2. The van der Waals surface area contributed by atoms with E-state index in [0.29, 0.717) is 32.2 Å². The van der Waals surface area contributed by atoms with Crippen molar-refractivity contribution in [2.75, 3.05) is 19.6 Å². The Morgan fingerprint density at radius 1 is 1.14 bits per heavy atom. The number of sulfonamides is 1. The van der Waals surface area contributed by atoms with Gasteiger partial charge in [-0.1, -0.05) is 43.3 Å². The number of carbonyl (C=O) groups is 3. The number of nitro groups is 1. The highest BCUT2D eigenvalue weighted by atomic mass is 32.2. The first-order valence-corrected chi connectivity index (χ1v) is 17.7. The second kappa shape index (κ2) is 18.7. The quantitative estimate of drug-likeness (QED) is 0.0583. The molecule has 270 valence electrons. The summed E-state index contributed by atoms with van der Waals surface area (Å²) in [6.07, 6.45) is 7.35. The standard InChI is InChI=1S/C24H35N5O6S.C9H7NO.CH2O2/c1-3-18(2)8-6-15-26(36(34,35)22-11-5-4-9-20(22)29(32)33)17-14-23(30)27-16-7-10-21(27)24(31)28(25)19-12-13-19;11-9-8-4-2-1-3-7(8)5-6-10-9;2-1-3/h3-5,9,11,18-19,21H,1,6-8,10,12-17,25H2,2H3;1-6H,(H,10,11);1H,(H,2,3). The maximum absolute atomic E-state index is 13.5. The lowest BCUT2D eigenvalue weighted by molar-refractivity contribution is -0.387. The average molecular weight is 713 g/mol. The van der Waals surface area contributed by atoms with Crippen LogP contribution in [0.2, 0.25) is 0 Å². The van der Waals surface area contributed by atoms with E-state index in [2.05, 4.69) is 11.6 Å². The number of allylic oxidation sites excluding steroid dienone is 1. The fourth-order valence-corrected chi connectivity index (χ4v) is 7.19. The molecule has 2 amide bonds. The molecule has 0 bridgehead atoms. The number of hydrogen-bond acceptors (Lipinski definition) is 9. The number of H-pyrrole nitrogens is 1. The first kappa shape index (κ1) is 39.5. The van der Waals surface area contributed by atoms with Crippen LogP contribution in [-0.4, -0.2) is 87.7 Å². The molecule has 2 aromatic carbocycles. The third kappa shape index (κ3) is 10.5. The zero-order valence-corrected chi connectivity index (χ0v) is 28.7. The van der Waals surface area contributed by atoms with Crippen LogP contribution in [0.1, 0.15) is 51.9 Å². The summed E-state index contributed by atoms with van der Waals surface area (Å²) in [7, 11) is -4.25. The molecule has 0 radical (unpaired) electrons. The Labute approximate surface area is 290 Å². The monoisotopic (exact) mass is 712 g/mol. The SMILES string of the molecule is C=CC(C)CCCN(CCC(=O)N1CCCC1C(=O)N(N)C1CC1)S(=O)(=O)c1ccccc1[N+](=O)[O-].O=CO.O=c1[nH]ccc2ccccc12. The Morgan fingerprint density at radius 3 is 2.44 bits per heavy atom. The van der Waals surface area contributed by atoms with Gasteiger partial charge < -0.3 is 15.0 Å². The van der Waals surface area contributed by atoms with Crippen LogP contribution in [-0.2, 0) is 24.4 Å². The van der Waals surface area contributed by atoms with Gasteiger partial charge in [-0.05, 0) is 68.0 Å². The number of carbonyl (C=O) groups excluding carboxylic acids is 2. The van der Waals surface area contributed by atoms with E-state index in [1.54, 1.807) is 12.3 Å². The summed E-state index contributed by atoms with van der Waals surface area (Å²) in [4.78, 5) is 59.8. The van der Waals surface area contributed by atoms with Crippen molar-refractivity contribution >= 4 is 44.8 Å². The number of nitrogens with one attached hydrogen (secondary N) is 1. The number of nitrogens with zero attached hydrogens (tertiary/aromatic N) is 4. The number of aromatic nitrogens is 1. The largest absolute Gasteiger partial charge is 0.483 e. The maximum Gasteiger partial charge on any atom is 0.290 e. The lowest BCUT2D eigenvalue weighted by atomic mass is 10.1. The van der Waals surface area contributed by atoms with Gasteiger partial charge >= 0.3 is 0 Å². The Hall–Kier alpha value is -4.93. The Bertz CT molecular complexity index is 1810. The van der Waals surface area contributed by atoms with E-state index in [4.69, 9.17) is 15.7 Å². The normalized spacial score (nSPS) is 16.0. The van der Waals surface area contributed by atoms with E-state index >= 15 is 0 Å². The minimum Gasteiger partial charge on any atom is -0.483 e. The van der Waals surface area contributed by atoms with Crippen molar-refractivity contribution in [2.45, 2.75) is 68.8 Å². The molecule has 2 unspecified atom stereocenters. The van der Waals surface area contributed by atoms with Gasteiger partial charge in [-0.25, -0.2) is 14.3 Å². The molecule has 4 N–H and O–H groups in total. The molecule has 1 aliphatic heterocycles. The van der Waals surface area contributed by atoms with Crippen molar-refractivity contribution in [1.82, 2.24) is 19.2 Å². The third-order valence-electron chi connectivity index (χ3n) is 8.46. The number of hydrogen-bond donors (Lipinski definition) is 3. The zero-order valence-electron chi connectivity index (χ0n) is 27.9. The number of pyridine rings is 1. The fourth-order valence-electron chi connectivity index (χ4n) is 5.55. The summed E-state index contributed by atoms with van der Waals surface area (Å²) < 4.78 is 28.1. The number of benzene rings is 2. The van der Waals surface area contributed by atoms with Crippen LogP contribution in [0.5, 0.6) is 0 Å². The molecular weight excluding hydrogens is 668 g/mol. The average Bonchev–Trinajstić information content (AvgIpc) is 3.85. The molecule has 0 spiro atoms. The number of aromatic amines is 1. The number of likely N-dealkylation sites (tertiary alicyclic amines) is 1. The number of nitro benzene ring substituents is 1. The molecule has 2 fully saturated rings. The molecule has 50 heavy (non-hydrogen) atoms.